The molecule has 0 bridgehead atoms. The predicted octanol–water partition coefficient (Wildman–Crippen LogP) is 12.7. The molecule has 1 amide bonds. The maximum absolute atomic E-state index is 12.9. The fourth-order valence-electron chi connectivity index (χ4n) is 5.80. The minimum Gasteiger partial charge on any atom is -0.756 e. The van der Waals surface area contributed by atoms with Gasteiger partial charge < -0.3 is 28.8 Å². The molecule has 0 saturated heterocycles. The lowest BCUT2D eigenvalue weighted by Crippen LogP contribution is -2.45. The molecule has 0 heterocycles. The molecular formula is C51H87N2O6P. The number of nitrogens with zero attached hydrogens (tertiary/aromatic N) is 1. The molecule has 0 saturated carbocycles. The fourth-order valence-corrected chi connectivity index (χ4v) is 6.52. The number of likely N-dealkylation sites (N-methyl/N-ethyl adjacent to an activating group) is 1. The quantitative estimate of drug-likeness (QED) is 0.0275. The van der Waals surface area contributed by atoms with Gasteiger partial charge >= 0.3 is 0 Å². The van der Waals surface area contributed by atoms with Crippen LogP contribution in [0, 0.1) is 0 Å². The molecule has 2 N–H and O–H groups in total. The maximum atomic E-state index is 12.9. The number of aliphatic hydroxyl groups is 1. The van der Waals surface area contributed by atoms with Crippen molar-refractivity contribution in [3.05, 3.63) is 109 Å². The Morgan fingerprint density at radius 1 is 0.600 bits per heavy atom. The second-order valence-electron chi connectivity index (χ2n) is 16.4. The van der Waals surface area contributed by atoms with E-state index in [2.05, 4.69) is 116 Å². The van der Waals surface area contributed by atoms with Gasteiger partial charge in [-0.15, -0.1) is 0 Å². The monoisotopic (exact) mass is 855 g/mol. The summed E-state index contributed by atoms with van der Waals surface area (Å²) in [5.74, 6) is -0.271. The van der Waals surface area contributed by atoms with Gasteiger partial charge in [-0.3, -0.25) is 9.36 Å². The van der Waals surface area contributed by atoms with Gasteiger partial charge in [-0.2, -0.15) is 0 Å². The first kappa shape index (κ1) is 57.2. The number of quaternary nitrogens is 1. The Morgan fingerprint density at radius 2 is 1.03 bits per heavy atom. The first-order valence-corrected chi connectivity index (χ1v) is 24.7. The van der Waals surface area contributed by atoms with Gasteiger partial charge in [0.05, 0.1) is 39.9 Å². The minimum absolute atomic E-state index is 0.0238. The van der Waals surface area contributed by atoms with Crippen LogP contribution in [0.1, 0.15) is 155 Å². The van der Waals surface area contributed by atoms with Crippen molar-refractivity contribution in [3.63, 3.8) is 0 Å². The van der Waals surface area contributed by atoms with Crippen LogP contribution < -0.4 is 10.2 Å². The lowest BCUT2D eigenvalue weighted by atomic mass is 10.1. The molecular weight excluding hydrogens is 768 g/mol. The SMILES string of the molecule is CC/C=C\C/C=C\C/C=C\C/C=C\C/C=C\C/C=C\C/C=C\CCCC(=O)NC(COP(=O)([O-])OCC[N+](C)(C)C)C(O)/C=C/CC/C=C/CCCCCCCCCCC. The average molecular weight is 855 g/mol. The van der Waals surface area contributed by atoms with Crippen molar-refractivity contribution in [2.45, 2.75) is 167 Å². The highest BCUT2D eigenvalue weighted by atomic mass is 31.2. The van der Waals surface area contributed by atoms with Crippen LogP contribution in [-0.4, -0.2) is 68.5 Å². The number of aliphatic hydroxyl groups excluding tert-OH is 1. The molecule has 0 aliphatic rings. The third-order valence-electron chi connectivity index (χ3n) is 9.47. The Hall–Kier alpha value is -2.84. The van der Waals surface area contributed by atoms with Gasteiger partial charge in [0, 0.05) is 6.42 Å². The van der Waals surface area contributed by atoms with E-state index < -0.39 is 26.6 Å². The maximum Gasteiger partial charge on any atom is 0.268 e. The third-order valence-corrected chi connectivity index (χ3v) is 10.4. The van der Waals surface area contributed by atoms with E-state index in [0.717, 1.165) is 70.6 Å². The normalized spacial score (nSPS) is 15.2. The second kappa shape index (κ2) is 41.5. The van der Waals surface area contributed by atoms with Gasteiger partial charge in [0.25, 0.3) is 7.82 Å². The summed E-state index contributed by atoms with van der Waals surface area (Å²) >= 11 is 0. The standard InChI is InChI=1S/C51H87N2O6P/c1-6-8-10-12-14-16-18-20-22-23-24-25-26-27-28-29-31-33-35-37-39-41-43-45-51(55)52-49(48-59-60(56,57)58-47-46-53(3,4)5)50(54)44-42-40-38-36-34-32-30-21-19-17-15-13-11-9-7-2/h8,10,14,16,20,22,24-25,27-28,31,33-34,36-37,39,42,44,49-50,54H,6-7,9,11-13,15,17-19,21,23,26,29-30,32,35,38,40-41,43,45-48H2,1-5H3,(H-,52,55,56,57)/b10-8-,16-14-,22-20-,25-24-,28-27-,33-31-,36-34+,39-37-,44-42+. The molecule has 3 unspecified atom stereocenters. The molecule has 0 aliphatic heterocycles. The molecule has 60 heavy (non-hydrogen) atoms. The number of rotatable bonds is 40. The number of carbonyl (C=O) groups is 1. The Morgan fingerprint density at radius 3 is 1.55 bits per heavy atom. The summed E-state index contributed by atoms with van der Waals surface area (Å²) in [4.78, 5) is 25.3. The highest BCUT2D eigenvalue weighted by Gasteiger charge is 2.23. The van der Waals surface area contributed by atoms with Crippen molar-refractivity contribution in [1.29, 1.82) is 0 Å². The molecule has 0 radical (unpaired) electrons. The Balaban J connectivity index is 4.57. The molecule has 0 fully saturated rings. The van der Waals surface area contributed by atoms with E-state index in [1.807, 2.05) is 27.2 Å². The largest absolute Gasteiger partial charge is 0.756 e. The molecule has 8 nitrogen and oxygen atoms in total. The highest BCUT2D eigenvalue weighted by Crippen LogP contribution is 2.38. The summed E-state index contributed by atoms with van der Waals surface area (Å²) in [6.45, 7) is 4.43. The van der Waals surface area contributed by atoms with Crippen LogP contribution in [0.3, 0.4) is 0 Å². The van der Waals surface area contributed by atoms with Gasteiger partial charge in [0.15, 0.2) is 0 Å². The van der Waals surface area contributed by atoms with Crippen LogP contribution in [0.25, 0.3) is 0 Å². The van der Waals surface area contributed by atoms with Crippen LogP contribution in [-0.2, 0) is 18.4 Å². The van der Waals surface area contributed by atoms with Gasteiger partial charge in [0.2, 0.25) is 5.91 Å². The number of allylic oxidation sites excluding steroid dienone is 17. The summed E-state index contributed by atoms with van der Waals surface area (Å²) in [5, 5.41) is 13.7. The summed E-state index contributed by atoms with van der Waals surface area (Å²) in [7, 11) is 1.18. The number of phosphoric acid groups is 1. The Kier molecular flexibility index (Phi) is 39.5. The van der Waals surface area contributed by atoms with Crippen LogP contribution in [0.15, 0.2) is 109 Å². The zero-order valence-corrected chi connectivity index (χ0v) is 39.5. The average Bonchev–Trinajstić information content (AvgIpc) is 3.20. The van der Waals surface area contributed by atoms with E-state index in [9.17, 15) is 19.4 Å². The van der Waals surface area contributed by atoms with Crippen LogP contribution in [0.4, 0.5) is 0 Å². The smallest absolute Gasteiger partial charge is 0.268 e. The summed E-state index contributed by atoms with van der Waals surface area (Å²) < 4.78 is 23.2. The third kappa shape index (κ3) is 43.3. The molecule has 0 spiro atoms. The van der Waals surface area contributed by atoms with Crippen LogP contribution in [0.5, 0.6) is 0 Å². The summed E-state index contributed by atoms with van der Waals surface area (Å²) in [6, 6.07) is -0.941. The Bertz CT molecular complexity index is 1340. The molecule has 0 rings (SSSR count). The zero-order valence-electron chi connectivity index (χ0n) is 38.6. The van der Waals surface area contributed by atoms with E-state index in [-0.39, 0.29) is 18.9 Å². The van der Waals surface area contributed by atoms with E-state index >= 15 is 0 Å². The van der Waals surface area contributed by atoms with E-state index in [4.69, 9.17) is 9.05 Å². The molecule has 0 aromatic carbocycles. The minimum atomic E-state index is -4.62. The zero-order chi connectivity index (χ0) is 44.3. The predicted molar refractivity (Wildman–Crippen MR) is 256 cm³/mol. The van der Waals surface area contributed by atoms with Crippen molar-refractivity contribution in [3.8, 4) is 0 Å². The molecule has 9 heteroatoms. The second-order valence-corrected chi connectivity index (χ2v) is 17.8. The number of hydrogen-bond donors (Lipinski definition) is 2. The summed E-state index contributed by atoms with van der Waals surface area (Å²) in [6.07, 6.45) is 60.1. The number of hydrogen-bond acceptors (Lipinski definition) is 6. The summed E-state index contributed by atoms with van der Waals surface area (Å²) in [5.41, 5.74) is 0. The van der Waals surface area contributed by atoms with E-state index in [1.165, 1.54) is 57.8 Å². The molecule has 3 atom stereocenters. The van der Waals surface area contributed by atoms with Crippen molar-refractivity contribution in [1.82, 2.24) is 5.32 Å². The van der Waals surface area contributed by atoms with Gasteiger partial charge in [-0.1, -0.05) is 175 Å². The van der Waals surface area contributed by atoms with E-state index in [1.54, 1.807) is 6.08 Å². The number of nitrogens with one attached hydrogen (secondary N) is 1. The highest BCUT2D eigenvalue weighted by molar-refractivity contribution is 7.45. The first-order chi connectivity index (χ1) is 29.0. The van der Waals surface area contributed by atoms with Gasteiger partial charge in [-0.25, -0.2) is 0 Å². The van der Waals surface area contributed by atoms with E-state index in [0.29, 0.717) is 17.4 Å². The topological polar surface area (TPSA) is 108 Å². The number of unbranched alkanes of at least 4 members (excludes halogenated alkanes) is 11. The van der Waals surface area contributed by atoms with Crippen LogP contribution in [0.2, 0.25) is 0 Å². The van der Waals surface area contributed by atoms with Crippen molar-refractivity contribution < 1.29 is 32.9 Å². The van der Waals surface area contributed by atoms with Crippen molar-refractivity contribution >= 4 is 13.7 Å². The van der Waals surface area contributed by atoms with Gasteiger partial charge in [-0.05, 0) is 83.5 Å². The van der Waals surface area contributed by atoms with Gasteiger partial charge in [0.1, 0.15) is 13.2 Å². The molecule has 0 aromatic rings. The Labute approximate surface area is 368 Å². The number of phosphoric ester groups is 1. The van der Waals surface area contributed by atoms with Crippen molar-refractivity contribution in [2.75, 3.05) is 40.9 Å². The lowest BCUT2D eigenvalue weighted by molar-refractivity contribution is -0.870. The van der Waals surface area contributed by atoms with Crippen LogP contribution >= 0.6 is 7.82 Å². The fraction of sp³-hybridized carbons (Fsp3) is 0.627. The number of carbonyl (C=O) groups excluding carboxylic acids is 1. The molecule has 0 aromatic heterocycles. The number of amides is 1. The molecule has 342 valence electrons. The van der Waals surface area contributed by atoms with Crippen molar-refractivity contribution in [2.24, 2.45) is 0 Å². The first-order valence-electron chi connectivity index (χ1n) is 23.2. The molecule has 0 aliphatic carbocycles. The lowest BCUT2D eigenvalue weighted by Gasteiger charge is -2.29.